The number of imidazole rings is 2. The van der Waals surface area contributed by atoms with Crippen molar-refractivity contribution in [3.63, 3.8) is 0 Å². The second-order valence-corrected chi connectivity index (χ2v) is 22.5. The molecule has 0 unspecified atom stereocenters. The molecule has 2 aliphatic carbocycles. The van der Waals surface area contributed by atoms with Crippen LogP contribution in [0.4, 0.5) is 11.4 Å². The number of rotatable bonds is 16. The van der Waals surface area contributed by atoms with Crippen LogP contribution in [0.15, 0.2) is 65.9 Å². The number of ether oxygens (including phenoxy) is 4. The van der Waals surface area contributed by atoms with E-state index in [2.05, 4.69) is 61.0 Å². The van der Waals surface area contributed by atoms with E-state index in [0.717, 1.165) is 80.6 Å². The van der Waals surface area contributed by atoms with Crippen molar-refractivity contribution >= 4 is 87.8 Å². The van der Waals surface area contributed by atoms with E-state index in [9.17, 15) is 45.6 Å². The molecule has 4 aromatic heterocycles. The molecule has 2 aromatic carbocycles. The number of anilines is 2. The van der Waals surface area contributed by atoms with Crippen molar-refractivity contribution in [3.8, 4) is 35.7 Å². The highest BCUT2D eigenvalue weighted by Gasteiger charge is 2.31. The molecule has 2 saturated carbocycles. The maximum Gasteiger partial charge on any atom is 0.333 e. The number of aromatic nitrogens is 8. The minimum Gasteiger partial charge on any atom is -0.491 e. The number of amides is 2. The molecule has 75 heavy (non-hydrogen) atoms. The summed E-state index contributed by atoms with van der Waals surface area (Å²) >= 11 is 2.21. The summed E-state index contributed by atoms with van der Waals surface area (Å²) in [6.45, 7) is 1.47. The van der Waals surface area contributed by atoms with Crippen molar-refractivity contribution in [1.29, 1.82) is 0 Å². The van der Waals surface area contributed by atoms with Crippen LogP contribution in [-0.2, 0) is 80.0 Å². The van der Waals surface area contributed by atoms with Crippen molar-refractivity contribution in [2.75, 3.05) is 63.8 Å². The fourth-order valence-corrected chi connectivity index (χ4v) is 9.61. The number of benzene rings is 2. The summed E-state index contributed by atoms with van der Waals surface area (Å²) < 4.78 is 76.1. The van der Waals surface area contributed by atoms with Crippen molar-refractivity contribution in [3.05, 3.63) is 87.2 Å². The second-order valence-electron chi connectivity index (χ2n) is 17.4. The number of fused-ring (bicyclic) bond motifs is 2. The summed E-state index contributed by atoms with van der Waals surface area (Å²) in [5.74, 6) is 9.62. The Kier molecular flexibility index (Phi) is 18.4. The van der Waals surface area contributed by atoms with Crippen LogP contribution in [0.2, 0.25) is 0 Å². The predicted octanol–water partition coefficient (Wildman–Crippen LogP) is 1.40. The van der Waals surface area contributed by atoms with E-state index < -0.39 is 42.2 Å². The lowest BCUT2D eigenvalue weighted by Crippen LogP contribution is -2.38. The Bertz CT molecular complexity index is 3790. The quantitative estimate of drug-likeness (QED) is 0.0787. The minimum atomic E-state index is -3.75. The number of methoxy groups -OCH3 is 2. The molecule has 0 bridgehead atoms. The first kappa shape index (κ1) is 57.2. The monoisotopic (exact) mass is 1190 g/mol. The number of carbonyl (C=O) groups is 2. The van der Waals surface area contributed by atoms with E-state index in [1.54, 1.807) is 32.4 Å². The molecule has 24 nitrogen and oxygen atoms in total. The Balaban J connectivity index is 0.000000202. The van der Waals surface area contributed by atoms with Gasteiger partial charge in [-0.3, -0.25) is 37.4 Å². The molecule has 0 aliphatic heterocycles. The zero-order valence-corrected chi connectivity index (χ0v) is 46.0. The molecular formula is C48H55IN10O14S2. The van der Waals surface area contributed by atoms with Gasteiger partial charge >= 0.3 is 11.4 Å². The van der Waals surface area contributed by atoms with Crippen LogP contribution in [0.3, 0.4) is 0 Å². The molecule has 0 atom stereocenters. The molecule has 0 radical (unpaired) electrons. The third-order valence-corrected chi connectivity index (χ3v) is 14.0. The minimum absolute atomic E-state index is 0.0156. The Hall–Kier alpha value is -7.05. The number of carbonyl (C=O) groups excluding carboxylic acids is 2. The fraction of sp³-hybridized carbons (Fsp3) is 0.417. The van der Waals surface area contributed by atoms with E-state index in [-0.39, 0.29) is 69.4 Å². The van der Waals surface area contributed by atoms with Crippen molar-refractivity contribution in [2.45, 2.75) is 49.1 Å². The lowest BCUT2D eigenvalue weighted by Gasteiger charge is -2.10. The van der Waals surface area contributed by atoms with E-state index in [1.807, 2.05) is 18.2 Å². The highest BCUT2D eigenvalue weighted by Crippen LogP contribution is 2.32. The SMILES string of the molecule is C#CCn1c(=O)n(C)c(=O)c2c1nc(S(C)(=O)=O)n2C.COCCOc1cc(C#CCn2c(=O)n(C)c(=O)c3c2nc(S(C)(=O)=O)n3C)cc(NC(=O)C2CC2)c1.COCCOc1cc(I)cc(NC(=O)C2CC2)c1. The summed E-state index contributed by atoms with van der Waals surface area (Å²) in [6, 6.07) is 10.8. The summed E-state index contributed by atoms with van der Waals surface area (Å²) in [5, 5.41) is 5.17. The number of nitrogens with zero attached hydrogens (tertiary/aromatic N) is 8. The first-order valence-electron chi connectivity index (χ1n) is 22.9. The van der Waals surface area contributed by atoms with Gasteiger partial charge in [0, 0.05) is 99.4 Å². The number of hydrogen-bond acceptors (Lipinski definition) is 16. The van der Waals surface area contributed by atoms with E-state index in [0.29, 0.717) is 43.4 Å². The number of terminal acetylenes is 1. The van der Waals surface area contributed by atoms with Gasteiger partial charge in [0.25, 0.3) is 11.1 Å². The second kappa shape index (κ2) is 24.1. The Morgan fingerprint density at radius 2 is 1.08 bits per heavy atom. The molecular weight excluding hydrogens is 1130 g/mol. The van der Waals surface area contributed by atoms with Gasteiger partial charge in [-0.05, 0) is 72.5 Å². The normalized spacial score (nSPS) is 13.1. The van der Waals surface area contributed by atoms with E-state index in [4.69, 9.17) is 25.4 Å². The zero-order chi connectivity index (χ0) is 55.1. The molecule has 2 aliphatic rings. The lowest BCUT2D eigenvalue weighted by molar-refractivity contribution is -0.118. The Morgan fingerprint density at radius 1 is 0.653 bits per heavy atom. The molecule has 2 fully saturated rings. The van der Waals surface area contributed by atoms with Gasteiger partial charge in [0.1, 0.15) is 24.7 Å². The summed E-state index contributed by atoms with van der Waals surface area (Å²) in [6.07, 6.45) is 10.9. The van der Waals surface area contributed by atoms with Crippen LogP contribution in [-0.4, -0.2) is 119 Å². The smallest absolute Gasteiger partial charge is 0.333 e. The molecule has 2 N–H and O–H groups in total. The first-order valence-corrected chi connectivity index (χ1v) is 27.7. The van der Waals surface area contributed by atoms with Crippen LogP contribution in [0, 0.1) is 39.6 Å². The van der Waals surface area contributed by atoms with Crippen LogP contribution < -0.4 is 42.6 Å². The highest BCUT2D eigenvalue weighted by molar-refractivity contribution is 14.1. The molecule has 2 amide bonds. The predicted molar refractivity (Wildman–Crippen MR) is 285 cm³/mol. The molecule has 8 rings (SSSR count). The Labute approximate surface area is 443 Å². The highest BCUT2D eigenvalue weighted by atomic mass is 127. The van der Waals surface area contributed by atoms with Gasteiger partial charge < -0.3 is 38.7 Å². The summed E-state index contributed by atoms with van der Waals surface area (Å²) in [7, 11) is 1.21. The molecule has 4 heterocycles. The van der Waals surface area contributed by atoms with Crippen LogP contribution in [0.1, 0.15) is 31.2 Å². The van der Waals surface area contributed by atoms with E-state index in [1.165, 1.54) is 28.2 Å². The van der Waals surface area contributed by atoms with Crippen molar-refractivity contribution < 1.29 is 45.4 Å². The average Bonchev–Trinajstić information content (AvgIpc) is 4.29. The molecule has 0 spiro atoms. The summed E-state index contributed by atoms with van der Waals surface area (Å²) in [4.78, 5) is 81.5. The molecule has 6 aromatic rings. The topological polar surface area (TPSA) is 287 Å². The van der Waals surface area contributed by atoms with Crippen molar-refractivity contribution in [1.82, 2.24) is 37.4 Å². The third kappa shape index (κ3) is 14.0. The molecule has 400 valence electrons. The van der Waals surface area contributed by atoms with Gasteiger partial charge in [0.05, 0.1) is 26.3 Å². The third-order valence-electron chi connectivity index (χ3n) is 11.3. The maximum atomic E-state index is 12.8. The van der Waals surface area contributed by atoms with Gasteiger partial charge in [-0.2, -0.15) is 9.97 Å². The maximum absolute atomic E-state index is 12.8. The van der Waals surface area contributed by atoms with Crippen LogP contribution in [0.5, 0.6) is 11.5 Å². The number of sulfone groups is 2. The Morgan fingerprint density at radius 3 is 1.49 bits per heavy atom. The lowest BCUT2D eigenvalue weighted by atomic mass is 10.2. The summed E-state index contributed by atoms with van der Waals surface area (Å²) in [5.41, 5.74) is -0.865. The first-order chi connectivity index (χ1) is 35.4. The van der Waals surface area contributed by atoms with Gasteiger partial charge in [-0.25, -0.2) is 26.4 Å². The van der Waals surface area contributed by atoms with Gasteiger partial charge in [-0.1, -0.05) is 17.8 Å². The van der Waals surface area contributed by atoms with Crippen molar-refractivity contribution in [2.24, 2.45) is 40.0 Å². The largest absolute Gasteiger partial charge is 0.491 e. The van der Waals surface area contributed by atoms with Gasteiger partial charge in [0.15, 0.2) is 22.3 Å². The molecule has 0 saturated heterocycles. The number of halogens is 1. The molecule has 27 heteroatoms. The zero-order valence-electron chi connectivity index (χ0n) is 42.3. The fourth-order valence-electron chi connectivity index (χ4n) is 7.29. The van der Waals surface area contributed by atoms with Crippen LogP contribution in [0.25, 0.3) is 22.3 Å². The number of nitrogens with one attached hydrogen (secondary N) is 2. The number of hydrogen-bond donors (Lipinski definition) is 2. The van der Waals surface area contributed by atoms with Gasteiger partial charge in [0.2, 0.25) is 41.8 Å². The van der Waals surface area contributed by atoms with E-state index >= 15 is 0 Å². The number of aryl methyl sites for hydroxylation is 2. The average molecular weight is 1190 g/mol. The van der Waals surface area contributed by atoms with Gasteiger partial charge in [-0.15, -0.1) is 6.42 Å². The standard InChI is InChI=1S/C24H27N5O7S.C13H16INO3.C11H12N4O4S/c1-27-19-20(26-23(27)37(4,33)34)29(24(32)28(2)22(19)31)9-5-6-15-12-17(25-21(30)16-7-8-16)14-18(13-15)36-11-10-35-3;1-17-4-5-18-12-7-10(14)6-11(8-12)15-13(16)9-2-3-9;1-5-6-15-8-7(9(16)14(3)11(15)17)13(2)10(12-8)20(4,18)19/h12-14,16H,7-11H2,1-4H3,(H,25,30);6-9H,2-5H2,1H3,(H,15,16);1H,6H2,2-4H3. The van der Waals surface area contributed by atoms with Crippen LogP contribution >= 0.6 is 22.6 Å².